The van der Waals surface area contributed by atoms with Gasteiger partial charge >= 0.3 is 0 Å². The molecule has 0 saturated heterocycles. The van der Waals surface area contributed by atoms with Gasteiger partial charge in [0.2, 0.25) is 0 Å². The third kappa shape index (κ3) is 6.58. The van der Waals surface area contributed by atoms with Crippen molar-refractivity contribution in [3.63, 3.8) is 0 Å². The van der Waals surface area contributed by atoms with Crippen molar-refractivity contribution in [3.05, 3.63) is 0 Å². The second kappa shape index (κ2) is 7.79. The lowest BCUT2D eigenvalue weighted by molar-refractivity contribution is 0.101. The summed E-state index contributed by atoms with van der Waals surface area (Å²) in [5.74, 6) is 0.816. The zero-order valence-corrected chi connectivity index (χ0v) is 14.9. The Morgan fingerprint density at radius 1 is 1.15 bits per heavy atom. The zero-order chi connectivity index (χ0) is 15.2. The van der Waals surface area contributed by atoms with Crippen LogP contribution in [0.5, 0.6) is 0 Å². The molecule has 1 N–H and O–H groups in total. The Kier molecular flexibility index (Phi) is 7.00. The van der Waals surface area contributed by atoms with Crippen LogP contribution in [0.15, 0.2) is 0 Å². The van der Waals surface area contributed by atoms with Crippen LogP contribution in [0.3, 0.4) is 0 Å². The summed E-state index contributed by atoms with van der Waals surface area (Å²) < 4.78 is 0. The van der Waals surface area contributed by atoms with Gasteiger partial charge in [-0.15, -0.1) is 0 Å². The lowest BCUT2D eigenvalue weighted by atomic mass is 9.73. The molecule has 1 atom stereocenters. The van der Waals surface area contributed by atoms with Gasteiger partial charge in [0.15, 0.2) is 0 Å². The standard InChI is InChI=1S/C18H38N2/c1-7-16(2)13-20(6)15-18(11-9-8-10-12-18)14-19-17(3,4)5/h16,19H,7-15H2,1-6H3. The summed E-state index contributed by atoms with van der Waals surface area (Å²) in [5, 5.41) is 3.78. The number of nitrogens with zero attached hydrogens (tertiary/aromatic N) is 1. The first kappa shape index (κ1) is 18.0. The Morgan fingerprint density at radius 3 is 2.25 bits per heavy atom. The molecule has 20 heavy (non-hydrogen) atoms. The largest absolute Gasteiger partial charge is 0.311 e. The average Bonchev–Trinajstić information content (AvgIpc) is 2.36. The van der Waals surface area contributed by atoms with Crippen LogP contribution in [0.1, 0.15) is 73.1 Å². The minimum atomic E-state index is 0.236. The fourth-order valence-corrected chi connectivity index (χ4v) is 3.44. The predicted molar refractivity (Wildman–Crippen MR) is 90.2 cm³/mol. The zero-order valence-electron chi connectivity index (χ0n) is 14.9. The van der Waals surface area contributed by atoms with Gasteiger partial charge in [0, 0.05) is 25.2 Å². The van der Waals surface area contributed by atoms with Crippen LogP contribution >= 0.6 is 0 Å². The van der Waals surface area contributed by atoms with E-state index >= 15 is 0 Å². The summed E-state index contributed by atoms with van der Waals surface area (Å²) in [6.45, 7) is 15.2. The van der Waals surface area contributed by atoms with E-state index in [1.165, 1.54) is 58.2 Å². The first-order chi connectivity index (χ1) is 9.26. The SMILES string of the molecule is CCC(C)CN(C)CC1(CNC(C)(C)C)CCCCC1. The van der Waals surface area contributed by atoms with E-state index < -0.39 is 0 Å². The van der Waals surface area contributed by atoms with Crippen molar-refractivity contribution in [1.29, 1.82) is 0 Å². The molecule has 120 valence electrons. The van der Waals surface area contributed by atoms with Gasteiger partial charge in [-0.3, -0.25) is 0 Å². The number of rotatable bonds is 7. The van der Waals surface area contributed by atoms with Crippen LogP contribution in [0.25, 0.3) is 0 Å². The summed E-state index contributed by atoms with van der Waals surface area (Å²) in [4.78, 5) is 2.59. The smallest absolute Gasteiger partial charge is 0.00967 e. The summed E-state index contributed by atoms with van der Waals surface area (Å²) in [6.07, 6.45) is 8.37. The van der Waals surface area contributed by atoms with Gasteiger partial charge in [-0.25, -0.2) is 0 Å². The van der Waals surface area contributed by atoms with Gasteiger partial charge in [-0.2, -0.15) is 0 Å². The molecular weight excluding hydrogens is 244 g/mol. The van der Waals surface area contributed by atoms with Gasteiger partial charge in [-0.05, 0) is 52.0 Å². The van der Waals surface area contributed by atoms with Gasteiger partial charge in [0.1, 0.15) is 0 Å². The van der Waals surface area contributed by atoms with E-state index in [0.29, 0.717) is 5.41 Å². The fourth-order valence-electron chi connectivity index (χ4n) is 3.44. The highest BCUT2D eigenvalue weighted by Gasteiger charge is 2.34. The third-order valence-electron chi connectivity index (χ3n) is 4.83. The highest BCUT2D eigenvalue weighted by Crippen LogP contribution is 2.37. The van der Waals surface area contributed by atoms with Crippen molar-refractivity contribution >= 4 is 0 Å². The van der Waals surface area contributed by atoms with E-state index in [1.807, 2.05) is 0 Å². The molecule has 0 aromatic heterocycles. The molecular formula is C18H38N2. The summed E-state index contributed by atoms with van der Waals surface area (Å²) >= 11 is 0. The topological polar surface area (TPSA) is 15.3 Å². The van der Waals surface area contributed by atoms with Crippen molar-refractivity contribution in [2.75, 3.05) is 26.7 Å². The molecule has 1 aliphatic carbocycles. The molecule has 1 fully saturated rings. The Bertz CT molecular complexity index is 261. The average molecular weight is 283 g/mol. The molecule has 2 nitrogen and oxygen atoms in total. The fraction of sp³-hybridized carbons (Fsp3) is 1.00. The minimum Gasteiger partial charge on any atom is -0.311 e. The van der Waals surface area contributed by atoms with Crippen LogP contribution < -0.4 is 5.32 Å². The first-order valence-corrected chi connectivity index (χ1v) is 8.70. The number of hydrogen-bond donors (Lipinski definition) is 1. The molecule has 0 aliphatic heterocycles. The molecule has 1 unspecified atom stereocenters. The predicted octanol–water partition coefficient (Wildman–Crippen LogP) is 4.30. The number of hydrogen-bond acceptors (Lipinski definition) is 2. The monoisotopic (exact) mass is 282 g/mol. The molecule has 1 saturated carbocycles. The quantitative estimate of drug-likeness (QED) is 0.749. The van der Waals surface area contributed by atoms with Crippen molar-refractivity contribution < 1.29 is 0 Å². The molecule has 0 spiro atoms. The summed E-state index contributed by atoms with van der Waals surface area (Å²) in [7, 11) is 2.32. The van der Waals surface area contributed by atoms with Crippen LogP contribution in [0, 0.1) is 11.3 Å². The van der Waals surface area contributed by atoms with Gasteiger partial charge in [0.05, 0.1) is 0 Å². The van der Waals surface area contributed by atoms with Crippen LogP contribution in [0.4, 0.5) is 0 Å². The molecule has 0 radical (unpaired) electrons. The lowest BCUT2D eigenvalue weighted by Crippen LogP contribution is -2.49. The molecule has 0 amide bonds. The van der Waals surface area contributed by atoms with Gasteiger partial charge in [0.25, 0.3) is 0 Å². The van der Waals surface area contributed by atoms with Crippen molar-refractivity contribution in [2.45, 2.75) is 78.7 Å². The second-order valence-electron chi connectivity index (χ2n) is 8.37. The molecule has 1 rings (SSSR count). The molecule has 0 bridgehead atoms. The molecule has 0 aromatic rings. The van der Waals surface area contributed by atoms with E-state index in [9.17, 15) is 0 Å². The highest BCUT2D eigenvalue weighted by molar-refractivity contribution is 4.89. The second-order valence-corrected chi connectivity index (χ2v) is 8.37. The molecule has 0 aromatic carbocycles. The molecule has 1 aliphatic rings. The van der Waals surface area contributed by atoms with Gasteiger partial charge < -0.3 is 10.2 Å². The maximum absolute atomic E-state index is 3.78. The van der Waals surface area contributed by atoms with Crippen LogP contribution in [-0.2, 0) is 0 Å². The summed E-state index contributed by atoms with van der Waals surface area (Å²) in [5.41, 5.74) is 0.744. The van der Waals surface area contributed by atoms with E-state index in [-0.39, 0.29) is 5.54 Å². The molecule has 0 heterocycles. The Hall–Kier alpha value is -0.0800. The van der Waals surface area contributed by atoms with Gasteiger partial charge in [-0.1, -0.05) is 39.5 Å². The van der Waals surface area contributed by atoms with E-state index in [1.54, 1.807) is 0 Å². The lowest BCUT2D eigenvalue weighted by Gasteiger charge is -2.42. The van der Waals surface area contributed by atoms with Crippen LogP contribution in [0.2, 0.25) is 0 Å². The van der Waals surface area contributed by atoms with E-state index in [0.717, 1.165) is 5.92 Å². The Balaban J connectivity index is 2.58. The Morgan fingerprint density at radius 2 is 1.75 bits per heavy atom. The maximum Gasteiger partial charge on any atom is 0.00967 e. The normalized spacial score (nSPS) is 21.1. The summed E-state index contributed by atoms with van der Waals surface area (Å²) in [6, 6.07) is 0. The first-order valence-electron chi connectivity index (χ1n) is 8.70. The minimum absolute atomic E-state index is 0.236. The third-order valence-corrected chi connectivity index (χ3v) is 4.83. The maximum atomic E-state index is 3.78. The molecule has 2 heteroatoms. The van der Waals surface area contributed by atoms with Crippen LogP contribution in [-0.4, -0.2) is 37.1 Å². The van der Waals surface area contributed by atoms with E-state index in [4.69, 9.17) is 0 Å². The number of nitrogens with one attached hydrogen (secondary N) is 1. The van der Waals surface area contributed by atoms with E-state index in [2.05, 4.69) is 51.9 Å². The highest BCUT2D eigenvalue weighted by atomic mass is 15.1. The van der Waals surface area contributed by atoms with Crippen molar-refractivity contribution in [3.8, 4) is 0 Å². The van der Waals surface area contributed by atoms with Crippen molar-refractivity contribution in [2.24, 2.45) is 11.3 Å². The Labute approximate surface area is 127 Å². The van der Waals surface area contributed by atoms with Crippen molar-refractivity contribution in [1.82, 2.24) is 10.2 Å².